The topological polar surface area (TPSA) is 106 Å². The van der Waals surface area contributed by atoms with E-state index < -0.39 is 10.5 Å². The lowest BCUT2D eigenvalue weighted by molar-refractivity contribution is -0.389. The molecule has 1 saturated heterocycles. The van der Waals surface area contributed by atoms with E-state index in [-0.39, 0.29) is 17.9 Å². The van der Waals surface area contributed by atoms with Gasteiger partial charge in [-0.15, -0.1) is 0 Å². The standard InChI is InChI=1S/C18H22N6O4/c1-18(13-23-11-15(24(26)27)20-17(23)28-18)12-21-7-9-22(10-8-21)16(25)19-14-5-3-2-4-6-14/h2-6,11H,7-10,12-13H2,1H3,(H,19,25). The number of nitrogens with one attached hydrogen (secondary N) is 1. The number of nitrogens with zero attached hydrogens (tertiary/aromatic N) is 5. The summed E-state index contributed by atoms with van der Waals surface area (Å²) in [5, 5.41) is 13.7. The third-order valence-electron chi connectivity index (χ3n) is 5.00. The van der Waals surface area contributed by atoms with Gasteiger partial charge >= 0.3 is 17.9 Å². The zero-order valence-electron chi connectivity index (χ0n) is 15.6. The lowest BCUT2D eigenvalue weighted by Crippen LogP contribution is -2.54. The molecule has 0 spiro atoms. The van der Waals surface area contributed by atoms with Gasteiger partial charge in [0.25, 0.3) is 0 Å². The summed E-state index contributed by atoms with van der Waals surface area (Å²) in [6.45, 7) is 5.89. The number of amides is 2. The van der Waals surface area contributed by atoms with E-state index in [9.17, 15) is 14.9 Å². The minimum atomic E-state index is -0.522. The molecule has 1 aromatic carbocycles. The fourth-order valence-corrected chi connectivity index (χ4v) is 3.67. The number of piperazine rings is 1. The van der Waals surface area contributed by atoms with Gasteiger partial charge in [0.15, 0.2) is 0 Å². The molecule has 1 unspecified atom stereocenters. The van der Waals surface area contributed by atoms with Gasteiger partial charge in [-0.2, -0.15) is 0 Å². The SMILES string of the molecule is CC1(CN2CCN(C(=O)Nc3ccccc3)CC2)Cn2cc([N+](=O)[O-])nc2O1. The predicted octanol–water partition coefficient (Wildman–Crippen LogP) is 1.79. The fraction of sp³-hybridized carbons (Fsp3) is 0.444. The Morgan fingerprint density at radius 3 is 2.64 bits per heavy atom. The van der Waals surface area contributed by atoms with Crippen molar-refractivity contribution >= 4 is 17.5 Å². The van der Waals surface area contributed by atoms with E-state index in [1.54, 1.807) is 9.47 Å². The van der Waals surface area contributed by atoms with Crippen LogP contribution in [0.5, 0.6) is 6.01 Å². The number of carbonyl (C=O) groups is 1. The highest BCUT2D eigenvalue weighted by atomic mass is 16.6. The van der Waals surface area contributed by atoms with Crippen molar-refractivity contribution in [2.45, 2.75) is 19.1 Å². The van der Waals surface area contributed by atoms with Gasteiger partial charge in [0.2, 0.25) is 0 Å². The molecule has 4 rings (SSSR count). The molecule has 1 atom stereocenters. The number of fused-ring (bicyclic) bond motifs is 1. The summed E-state index contributed by atoms with van der Waals surface area (Å²) < 4.78 is 7.58. The molecule has 10 heteroatoms. The Bertz CT molecular complexity index is 852. The van der Waals surface area contributed by atoms with Gasteiger partial charge < -0.3 is 25.1 Å². The number of nitro groups is 1. The van der Waals surface area contributed by atoms with E-state index in [1.807, 2.05) is 37.3 Å². The Balaban J connectivity index is 1.28. The number of hydrogen-bond acceptors (Lipinski definition) is 6. The smallest absolute Gasteiger partial charge is 0.415 e. The number of aromatic nitrogens is 2. The van der Waals surface area contributed by atoms with Gasteiger partial charge in [-0.3, -0.25) is 9.47 Å². The quantitative estimate of drug-likeness (QED) is 0.634. The second kappa shape index (κ2) is 7.12. The highest BCUT2D eigenvalue weighted by Gasteiger charge is 2.41. The number of benzene rings is 1. The summed E-state index contributed by atoms with van der Waals surface area (Å²) in [5.74, 6) is -0.199. The summed E-state index contributed by atoms with van der Waals surface area (Å²) in [7, 11) is 0. The molecular weight excluding hydrogens is 364 g/mol. The third-order valence-corrected chi connectivity index (χ3v) is 5.00. The van der Waals surface area contributed by atoms with Crippen molar-refractivity contribution < 1.29 is 14.5 Å². The van der Waals surface area contributed by atoms with Gasteiger partial charge in [-0.05, 0) is 24.0 Å². The maximum absolute atomic E-state index is 12.4. The normalized spacial score (nSPS) is 21.8. The molecule has 1 fully saturated rings. The molecule has 148 valence electrons. The summed E-state index contributed by atoms with van der Waals surface area (Å²) in [5.41, 5.74) is 0.289. The van der Waals surface area contributed by atoms with Crippen molar-refractivity contribution in [1.82, 2.24) is 19.4 Å². The average molecular weight is 386 g/mol. The first-order valence-electron chi connectivity index (χ1n) is 9.16. The molecule has 0 radical (unpaired) electrons. The van der Waals surface area contributed by atoms with Crippen LogP contribution in [0.15, 0.2) is 36.5 Å². The lowest BCUT2D eigenvalue weighted by Gasteiger charge is -2.37. The van der Waals surface area contributed by atoms with Gasteiger partial charge in [-0.1, -0.05) is 18.2 Å². The van der Waals surface area contributed by atoms with Crippen LogP contribution in [-0.4, -0.2) is 68.6 Å². The van der Waals surface area contributed by atoms with Gasteiger partial charge in [0, 0.05) is 43.4 Å². The summed E-state index contributed by atoms with van der Waals surface area (Å²) in [4.78, 5) is 30.6. The molecular formula is C18H22N6O4. The number of carbonyl (C=O) groups excluding carboxylic acids is 1. The van der Waals surface area contributed by atoms with Crippen LogP contribution in [0.25, 0.3) is 0 Å². The number of imidazole rings is 1. The summed E-state index contributed by atoms with van der Waals surface area (Å²) in [6.07, 6.45) is 1.41. The van der Waals surface area contributed by atoms with Gasteiger partial charge in [0.1, 0.15) is 11.8 Å². The number of hydrogen-bond donors (Lipinski definition) is 1. The summed E-state index contributed by atoms with van der Waals surface area (Å²) in [6, 6.07) is 9.59. The van der Waals surface area contributed by atoms with E-state index in [1.165, 1.54) is 6.20 Å². The first-order valence-corrected chi connectivity index (χ1v) is 9.16. The fourth-order valence-electron chi connectivity index (χ4n) is 3.67. The van der Waals surface area contributed by atoms with Crippen molar-refractivity contribution in [3.05, 3.63) is 46.6 Å². The number of anilines is 1. The minimum absolute atomic E-state index is 0.0957. The van der Waals surface area contributed by atoms with Gasteiger partial charge in [0.05, 0.1) is 6.54 Å². The maximum Gasteiger partial charge on any atom is 0.415 e. The molecule has 0 aliphatic carbocycles. The Morgan fingerprint density at radius 2 is 2.00 bits per heavy atom. The Morgan fingerprint density at radius 1 is 1.29 bits per heavy atom. The second-order valence-electron chi connectivity index (χ2n) is 7.38. The van der Waals surface area contributed by atoms with Crippen LogP contribution >= 0.6 is 0 Å². The van der Waals surface area contributed by atoms with E-state index in [4.69, 9.17) is 4.74 Å². The van der Waals surface area contributed by atoms with Crippen LogP contribution < -0.4 is 10.1 Å². The molecule has 1 aromatic heterocycles. The summed E-state index contributed by atoms with van der Waals surface area (Å²) >= 11 is 0. The van der Waals surface area contributed by atoms with Crippen LogP contribution in [0, 0.1) is 10.1 Å². The first kappa shape index (κ1) is 18.2. The van der Waals surface area contributed by atoms with E-state index in [2.05, 4.69) is 15.2 Å². The Hall–Kier alpha value is -3.14. The van der Waals surface area contributed by atoms with Crippen molar-refractivity contribution in [2.24, 2.45) is 0 Å². The molecule has 1 N–H and O–H groups in total. The lowest BCUT2D eigenvalue weighted by atomic mass is 10.1. The third kappa shape index (κ3) is 3.77. The number of rotatable bonds is 4. The molecule has 2 aliphatic rings. The first-order chi connectivity index (χ1) is 13.4. The molecule has 2 aromatic rings. The highest BCUT2D eigenvalue weighted by Crippen LogP contribution is 2.31. The Labute approximate surface area is 161 Å². The van der Waals surface area contributed by atoms with Crippen molar-refractivity contribution in [1.29, 1.82) is 0 Å². The predicted molar refractivity (Wildman–Crippen MR) is 101 cm³/mol. The van der Waals surface area contributed by atoms with Crippen molar-refractivity contribution in [2.75, 3.05) is 38.0 Å². The van der Waals surface area contributed by atoms with E-state index in [0.29, 0.717) is 26.2 Å². The Kier molecular flexibility index (Phi) is 4.63. The van der Waals surface area contributed by atoms with Crippen LogP contribution in [0.3, 0.4) is 0 Å². The molecule has 0 saturated carbocycles. The van der Waals surface area contributed by atoms with Crippen LogP contribution in [-0.2, 0) is 6.54 Å². The van der Waals surface area contributed by atoms with Crippen molar-refractivity contribution in [3.8, 4) is 6.01 Å². The minimum Gasteiger partial charge on any atom is -0.436 e. The molecule has 2 amide bonds. The monoisotopic (exact) mass is 386 g/mol. The molecule has 2 aliphatic heterocycles. The molecule has 0 bridgehead atoms. The molecule has 10 nitrogen and oxygen atoms in total. The highest BCUT2D eigenvalue weighted by molar-refractivity contribution is 5.89. The maximum atomic E-state index is 12.4. The van der Waals surface area contributed by atoms with Crippen molar-refractivity contribution in [3.63, 3.8) is 0 Å². The zero-order valence-corrected chi connectivity index (χ0v) is 15.6. The van der Waals surface area contributed by atoms with E-state index in [0.717, 1.165) is 18.8 Å². The number of para-hydroxylation sites is 1. The molecule has 3 heterocycles. The number of urea groups is 1. The number of ether oxygens (including phenoxy) is 1. The van der Waals surface area contributed by atoms with Crippen LogP contribution in [0.1, 0.15) is 6.92 Å². The largest absolute Gasteiger partial charge is 0.436 e. The van der Waals surface area contributed by atoms with E-state index >= 15 is 0 Å². The zero-order chi connectivity index (χ0) is 19.7. The van der Waals surface area contributed by atoms with Gasteiger partial charge in [-0.25, -0.2) is 4.79 Å². The average Bonchev–Trinajstić information content (AvgIpc) is 3.18. The van der Waals surface area contributed by atoms with Crippen LogP contribution in [0.4, 0.5) is 16.3 Å². The van der Waals surface area contributed by atoms with Crippen LogP contribution in [0.2, 0.25) is 0 Å². The second-order valence-corrected chi connectivity index (χ2v) is 7.38. The molecule has 28 heavy (non-hydrogen) atoms.